The summed E-state index contributed by atoms with van der Waals surface area (Å²) < 4.78 is 28.8. The maximum absolute atomic E-state index is 6.67. The Labute approximate surface area is 143 Å². The van der Waals surface area contributed by atoms with Gasteiger partial charge in [-0.25, -0.2) is 0 Å². The van der Waals surface area contributed by atoms with Gasteiger partial charge in [-0.2, -0.15) is 0 Å². The molecular formula is C16H34O5Si2. The van der Waals surface area contributed by atoms with Crippen LogP contribution in [0.4, 0.5) is 0 Å². The molecule has 0 aliphatic carbocycles. The van der Waals surface area contributed by atoms with Gasteiger partial charge in [0.1, 0.15) is 12.2 Å². The smallest absolute Gasteiger partial charge is 0.175 e. The van der Waals surface area contributed by atoms with Crippen molar-refractivity contribution in [1.82, 2.24) is 0 Å². The lowest BCUT2D eigenvalue weighted by Gasteiger charge is -2.36. The van der Waals surface area contributed by atoms with Gasteiger partial charge < -0.3 is 23.1 Å². The summed E-state index contributed by atoms with van der Waals surface area (Å²) in [6, 6.07) is 2.06. The molecule has 2 heterocycles. The van der Waals surface area contributed by atoms with Gasteiger partial charge in [0.15, 0.2) is 16.6 Å². The Balaban J connectivity index is 1.69. The van der Waals surface area contributed by atoms with E-state index >= 15 is 0 Å². The monoisotopic (exact) mass is 362 g/mol. The van der Waals surface area contributed by atoms with Crippen molar-refractivity contribution >= 4 is 16.6 Å². The van der Waals surface area contributed by atoms with Crippen LogP contribution < -0.4 is 0 Å². The average molecular weight is 363 g/mol. The molecule has 4 unspecified atom stereocenters. The van der Waals surface area contributed by atoms with Crippen LogP contribution in [-0.2, 0) is 23.1 Å². The van der Waals surface area contributed by atoms with Crippen LogP contribution in [-0.4, -0.2) is 67.5 Å². The Morgan fingerprint density at radius 2 is 1.17 bits per heavy atom. The molecule has 2 saturated heterocycles. The fraction of sp³-hybridized carbons (Fsp3) is 1.00. The standard InChI is InChI=1S/C16H34O5Si2/c1-13(17-7-15-9-19-15)11-22(3,4)21-23(5,6)12-14(2)18-8-16-10-20-16/h13-16H,7-12H2,1-6H3. The molecule has 2 fully saturated rings. The first kappa shape index (κ1) is 19.6. The summed E-state index contributed by atoms with van der Waals surface area (Å²) in [7, 11) is -3.47. The van der Waals surface area contributed by atoms with E-state index in [-0.39, 0.29) is 12.2 Å². The predicted octanol–water partition coefficient (Wildman–Crippen LogP) is 3.02. The lowest BCUT2D eigenvalue weighted by atomic mass is 10.4. The molecule has 136 valence electrons. The van der Waals surface area contributed by atoms with Crippen molar-refractivity contribution in [2.24, 2.45) is 0 Å². The van der Waals surface area contributed by atoms with E-state index in [0.29, 0.717) is 12.2 Å². The summed E-state index contributed by atoms with van der Waals surface area (Å²) in [4.78, 5) is 0. The second-order valence-electron chi connectivity index (χ2n) is 8.23. The highest BCUT2D eigenvalue weighted by Gasteiger charge is 2.36. The van der Waals surface area contributed by atoms with Crippen LogP contribution >= 0.6 is 0 Å². The first-order chi connectivity index (χ1) is 10.7. The van der Waals surface area contributed by atoms with E-state index in [4.69, 9.17) is 23.1 Å². The molecule has 0 aromatic carbocycles. The SMILES string of the molecule is CC(C[Si](C)(C)O[Si](C)(C)CC(C)OCC1CO1)OCC1CO1. The van der Waals surface area contributed by atoms with Gasteiger partial charge in [-0.3, -0.25) is 0 Å². The summed E-state index contributed by atoms with van der Waals surface area (Å²) in [5, 5.41) is 0. The topological polar surface area (TPSA) is 52.8 Å². The Bertz CT molecular complexity index is 335. The van der Waals surface area contributed by atoms with Gasteiger partial charge in [0, 0.05) is 0 Å². The third kappa shape index (κ3) is 8.76. The van der Waals surface area contributed by atoms with Gasteiger partial charge in [-0.15, -0.1) is 0 Å². The van der Waals surface area contributed by atoms with Crippen molar-refractivity contribution in [3.8, 4) is 0 Å². The molecule has 0 saturated carbocycles. The molecule has 0 aromatic heterocycles. The van der Waals surface area contributed by atoms with Crippen LogP contribution in [0.25, 0.3) is 0 Å². The fourth-order valence-electron chi connectivity index (χ4n) is 3.21. The molecule has 0 radical (unpaired) electrons. The molecule has 0 bridgehead atoms. The molecule has 4 atom stereocenters. The number of hydrogen-bond donors (Lipinski definition) is 0. The van der Waals surface area contributed by atoms with E-state index in [0.717, 1.165) is 38.5 Å². The van der Waals surface area contributed by atoms with E-state index in [1.165, 1.54) is 0 Å². The van der Waals surface area contributed by atoms with Crippen LogP contribution in [0.2, 0.25) is 38.3 Å². The Morgan fingerprint density at radius 1 is 0.826 bits per heavy atom. The van der Waals surface area contributed by atoms with Crippen molar-refractivity contribution < 1.29 is 23.1 Å². The van der Waals surface area contributed by atoms with E-state index in [2.05, 4.69) is 40.0 Å². The second-order valence-corrected chi connectivity index (χ2v) is 16.9. The zero-order valence-electron chi connectivity index (χ0n) is 15.6. The summed E-state index contributed by atoms with van der Waals surface area (Å²) in [5.41, 5.74) is 0. The van der Waals surface area contributed by atoms with Gasteiger partial charge in [0.25, 0.3) is 0 Å². The third-order valence-corrected chi connectivity index (χ3v) is 11.6. The third-order valence-electron chi connectivity index (χ3n) is 4.05. The molecule has 7 heteroatoms. The van der Waals surface area contributed by atoms with Gasteiger partial charge in [0.2, 0.25) is 0 Å². The second kappa shape index (κ2) is 8.08. The Morgan fingerprint density at radius 3 is 1.48 bits per heavy atom. The molecule has 2 aliphatic rings. The zero-order chi connectivity index (χ0) is 17.1. The van der Waals surface area contributed by atoms with E-state index < -0.39 is 16.6 Å². The van der Waals surface area contributed by atoms with E-state index in [1.807, 2.05) is 0 Å². The Hall–Kier alpha value is 0.234. The van der Waals surface area contributed by atoms with E-state index in [9.17, 15) is 0 Å². The van der Waals surface area contributed by atoms with Crippen LogP contribution in [0, 0.1) is 0 Å². The van der Waals surface area contributed by atoms with Crippen LogP contribution in [0.15, 0.2) is 0 Å². The number of epoxide rings is 2. The van der Waals surface area contributed by atoms with Gasteiger partial charge in [-0.05, 0) is 52.1 Å². The molecule has 2 aliphatic heterocycles. The maximum atomic E-state index is 6.67. The quantitative estimate of drug-likeness (QED) is 0.394. The number of rotatable bonds is 12. The highest BCUT2D eigenvalue weighted by molar-refractivity contribution is 6.85. The molecule has 0 spiro atoms. The minimum atomic E-state index is -1.74. The van der Waals surface area contributed by atoms with Crippen molar-refractivity contribution in [3.63, 3.8) is 0 Å². The summed E-state index contributed by atoms with van der Waals surface area (Å²) >= 11 is 0. The van der Waals surface area contributed by atoms with Gasteiger partial charge in [0.05, 0.1) is 38.6 Å². The summed E-state index contributed by atoms with van der Waals surface area (Å²) in [5.74, 6) is 0. The molecule has 0 N–H and O–H groups in total. The van der Waals surface area contributed by atoms with Crippen molar-refractivity contribution in [1.29, 1.82) is 0 Å². The first-order valence-electron chi connectivity index (χ1n) is 8.82. The lowest BCUT2D eigenvalue weighted by molar-refractivity contribution is 0.0621. The highest BCUT2D eigenvalue weighted by Crippen LogP contribution is 2.26. The molecule has 23 heavy (non-hydrogen) atoms. The zero-order valence-corrected chi connectivity index (χ0v) is 17.6. The van der Waals surface area contributed by atoms with Crippen LogP contribution in [0.3, 0.4) is 0 Å². The largest absolute Gasteiger partial charge is 0.455 e. The summed E-state index contributed by atoms with van der Waals surface area (Å²) in [6.07, 6.45) is 1.16. The molecule has 0 amide bonds. The van der Waals surface area contributed by atoms with Crippen molar-refractivity contribution in [2.45, 2.75) is 76.5 Å². The van der Waals surface area contributed by atoms with Crippen molar-refractivity contribution in [3.05, 3.63) is 0 Å². The molecule has 0 aromatic rings. The lowest BCUT2D eigenvalue weighted by Crippen LogP contribution is -2.47. The first-order valence-corrected chi connectivity index (χ1v) is 15.0. The Kier molecular flexibility index (Phi) is 6.87. The normalized spacial score (nSPS) is 26.9. The van der Waals surface area contributed by atoms with Gasteiger partial charge in [-0.1, -0.05) is 0 Å². The minimum Gasteiger partial charge on any atom is -0.455 e. The number of ether oxygens (including phenoxy) is 4. The highest BCUT2D eigenvalue weighted by atomic mass is 28.4. The average Bonchev–Trinajstić information content (AvgIpc) is 3.24. The van der Waals surface area contributed by atoms with E-state index in [1.54, 1.807) is 0 Å². The molecule has 2 rings (SSSR count). The summed E-state index contributed by atoms with van der Waals surface area (Å²) in [6.45, 7) is 16.7. The number of hydrogen-bond acceptors (Lipinski definition) is 5. The van der Waals surface area contributed by atoms with Gasteiger partial charge >= 0.3 is 0 Å². The van der Waals surface area contributed by atoms with Crippen LogP contribution in [0.5, 0.6) is 0 Å². The molecular weight excluding hydrogens is 328 g/mol. The fourth-order valence-corrected chi connectivity index (χ4v) is 12.9. The maximum Gasteiger partial charge on any atom is 0.175 e. The van der Waals surface area contributed by atoms with Crippen LogP contribution in [0.1, 0.15) is 13.8 Å². The van der Waals surface area contributed by atoms with Crippen molar-refractivity contribution in [2.75, 3.05) is 26.4 Å². The predicted molar refractivity (Wildman–Crippen MR) is 96.0 cm³/mol. The molecule has 5 nitrogen and oxygen atoms in total. The minimum absolute atomic E-state index is 0.242.